The molecule has 6 heteroatoms. The molecule has 0 aromatic carbocycles. The van der Waals surface area contributed by atoms with Crippen LogP contribution in [0.1, 0.15) is 25.8 Å². The lowest BCUT2D eigenvalue weighted by Gasteiger charge is -2.10. The summed E-state index contributed by atoms with van der Waals surface area (Å²) in [5.41, 5.74) is 1.06. The van der Waals surface area contributed by atoms with Crippen molar-refractivity contribution in [3.05, 3.63) is 26.3 Å². The maximum Gasteiger partial charge on any atom is 0.291 e. The average Bonchev–Trinajstić information content (AvgIpc) is 2.88. The van der Waals surface area contributed by atoms with Crippen LogP contribution in [0.2, 0.25) is 0 Å². The van der Waals surface area contributed by atoms with Crippen molar-refractivity contribution >= 4 is 27.4 Å². The lowest BCUT2D eigenvalue weighted by atomic mass is 10.1. The van der Waals surface area contributed by atoms with Crippen molar-refractivity contribution in [3.8, 4) is 0 Å². The zero-order valence-electron chi connectivity index (χ0n) is 10.7. The highest BCUT2D eigenvalue weighted by Gasteiger charge is 2.45. The lowest BCUT2D eigenvalue weighted by Crippen LogP contribution is -2.09. The molecule has 1 aromatic rings. The number of rotatable bonds is 4. The molecule has 5 nitrogen and oxygen atoms in total. The summed E-state index contributed by atoms with van der Waals surface area (Å²) in [4.78, 5) is 14.5. The number of halogens is 1. The van der Waals surface area contributed by atoms with Gasteiger partial charge in [0, 0.05) is 12.1 Å². The van der Waals surface area contributed by atoms with Crippen LogP contribution in [0.15, 0.2) is 10.7 Å². The van der Waals surface area contributed by atoms with Gasteiger partial charge in [-0.2, -0.15) is 0 Å². The number of hydrogen-bond donors (Lipinski definition) is 1. The van der Waals surface area contributed by atoms with E-state index in [1.807, 2.05) is 0 Å². The number of aromatic nitrogens is 1. The summed E-state index contributed by atoms with van der Waals surface area (Å²) in [7, 11) is 0. The van der Waals surface area contributed by atoms with E-state index in [4.69, 9.17) is 0 Å². The smallest absolute Gasteiger partial charge is 0.291 e. The van der Waals surface area contributed by atoms with E-state index in [-0.39, 0.29) is 5.69 Å². The SMILES string of the molecule is Cc1c([N+](=O)[O-])cnc(NCC2CC2(C)C)c1Br. The maximum absolute atomic E-state index is 10.8. The zero-order chi connectivity index (χ0) is 13.5. The second-order valence-corrected chi connectivity index (χ2v) is 6.25. The van der Waals surface area contributed by atoms with E-state index in [1.54, 1.807) is 6.92 Å². The van der Waals surface area contributed by atoms with E-state index in [2.05, 4.69) is 40.1 Å². The van der Waals surface area contributed by atoms with E-state index in [9.17, 15) is 10.1 Å². The van der Waals surface area contributed by atoms with Gasteiger partial charge in [0.15, 0.2) is 0 Å². The van der Waals surface area contributed by atoms with Crippen LogP contribution < -0.4 is 5.32 Å². The minimum absolute atomic E-state index is 0.0409. The molecule has 0 spiro atoms. The third kappa shape index (κ3) is 2.48. The summed E-state index contributed by atoms with van der Waals surface area (Å²) in [6, 6.07) is 0. The molecule has 0 amide bonds. The summed E-state index contributed by atoms with van der Waals surface area (Å²) in [6.07, 6.45) is 2.52. The number of anilines is 1. The summed E-state index contributed by atoms with van der Waals surface area (Å²) in [5, 5.41) is 14.0. The molecule has 2 rings (SSSR count). The Morgan fingerprint density at radius 2 is 2.28 bits per heavy atom. The predicted molar refractivity (Wildman–Crippen MR) is 73.7 cm³/mol. The fraction of sp³-hybridized carbons (Fsp3) is 0.583. The van der Waals surface area contributed by atoms with Crippen LogP contribution >= 0.6 is 15.9 Å². The first-order valence-electron chi connectivity index (χ1n) is 5.86. The monoisotopic (exact) mass is 313 g/mol. The van der Waals surface area contributed by atoms with Crippen LogP contribution in [0.3, 0.4) is 0 Å². The first kappa shape index (κ1) is 13.3. The molecule has 18 heavy (non-hydrogen) atoms. The van der Waals surface area contributed by atoms with Gasteiger partial charge in [0.25, 0.3) is 5.69 Å². The fourth-order valence-electron chi connectivity index (χ4n) is 2.02. The Labute approximate surface area is 114 Å². The van der Waals surface area contributed by atoms with E-state index in [0.717, 1.165) is 6.54 Å². The van der Waals surface area contributed by atoms with Gasteiger partial charge in [-0.05, 0) is 40.6 Å². The molecule has 1 aliphatic carbocycles. The average molecular weight is 314 g/mol. The number of nitrogens with one attached hydrogen (secondary N) is 1. The summed E-state index contributed by atoms with van der Waals surface area (Å²) in [5.74, 6) is 1.34. The highest BCUT2D eigenvalue weighted by molar-refractivity contribution is 9.10. The standard InChI is InChI=1S/C12H16BrN3O2/c1-7-9(16(17)18)6-15-11(10(7)13)14-5-8-4-12(8,2)3/h6,8H,4-5H2,1-3H3,(H,14,15). The van der Waals surface area contributed by atoms with Gasteiger partial charge in [-0.15, -0.1) is 0 Å². The normalized spacial score (nSPS) is 20.6. The second kappa shape index (κ2) is 4.50. The van der Waals surface area contributed by atoms with Crippen LogP contribution in [0.25, 0.3) is 0 Å². The zero-order valence-corrected chi connectivity index (χ0v) is 12.2. The Morgan fingerprint density at radius 3 is 2.78 bits per heavy atom. The molecule has 0 saturated heterocycles. The van der Waals surface area contributed by atoms with E-state index in [0.29, 0.717) is 27.2 Å². The Balaban J connectivity index is 2.10. The number of hydrogen-bond acceptors (Lipinski definition) is 4. The van der Waals surface area contributed by atoms with Gasteiger partial charge in [0.2, 0.25) is 0 Å². The van der Waals surface area contributed by atoms with Crippen LogP contribution in [0.4, 0.5) is 11.5 Å². The van der Waals surface area contributed by atoms with Crippen molar-refractivity contribution in [2.24, 2.45) is 11.3 Å². The van der Waals surface area contributed by atoms with Crippen molar-refractivity contribution < 1.29 is 4.92 Å². The molecular formula is C12H16BrN3O2. The maximum atomic E-state index is 10.8. The third-order valence-corrected chi connectivity index (χ3v) is 4.64. The first-order valence-corrected chi connectivity index (χ1v) is 6.65. The Hall–Kier alpha value is -1.17. The molecule has 1 atom stereocenters. The Morgan fingerprint density at radius 1 is 1.67 bits per heavy atom. The highest BCUT2D eigenvalue weighted by Crippen LogP contribution is 2.51. The third-order valence-electron chi connectivity index (χ3n) is 3.67. The second-order valence-electron chi connectivity index (χ2n) is 5.46. The van der Waals surface area contributed by atoms with Gasteiger partial charge in [-0.25, -0.2) is 4.98 Å². The highest BCUT2D eigenvalue weighted by atomic mass is 79.9. The van der Waals surface area contributed by atoms with Gasteiger partial charge in [-0.3, -0.25) is 10.1 Å². The number of pyridine rings is 1. The largest absolute Gasteiger partial charge is 0.369 e. The van der Waals surface area contributed by atoms with Crippen LogP contribution in [-0.2, 0) is 0 Å². The van der Waals surface area contributed by atoms with Crippen LogP contribution in [-0.4, -0.2) is 16.5 Å². The molecule has 1 unspecified atom stereocenters. The first-order chi connectivity index (χ1) is 8.33. The molecule has 1 aliphatic rings. The fourth-order valence-corrected chi connectivity index (χ4v) is 2.47. The molecule has 0 bridgehead atoms. The molecule has 0 aliphatic heterocycles. The van der Waals surface area contributed by atoms with E-state index in [1.165, 1.54) is 12.6 Å². The molecule has 98 valence electrons. The topological polar surface area (TPSA) is 68.1 Å². The van der Waals surface area contributed by atoms with Crippen molar-refractivity contribution in [1.82, 2.24) is 4.98 Å². The van der Waals surface area contributed by atoms with Crippen molar-refractivity contribution in [2.75, 3.05) is 11.9 Å². The molecule has 1 N–H and O–H groups in total. The van der Waals surface area contributed by atoms with Crippen molar-refractivity contribution in [1.29, 1.82) is 0 Å². The van der Waals surface area contributed by atoms with Gasteiger partial charge in [0.1, 0.15) is 12.0 Å². The molecule has 1 aromatic heterocycles. The molecule has 1 heterocycles. The quantitative estimate of drug-likeness (QED) is 0.682. The van der Waals surface area contributed by atoms with Crippen LogP contribution in [0, 0.1) is 28.4 Å². The predicted octanol–water partition coefficient (Wildman–Crippen LogP) is 3.52. The Bertz CT molecular complexity index is 502. The number of nitro groups is 1. The van der Waals surface area contributed by atoms with E-state index < -0.39 is 4.92 Å². The lowest BCUT2D eigenvalue weighted by molar-refractivity contribution is -0.385. The summed E-state index contributed by atoms with van der Waals surface area (Å²) < 4.78 is 0.676. The molecule has 1 saturated carbocycles. The van der Waals surface area contributed by atoms with Gasteiger partial charge in [-0.1, -0.05) is 13.8 Å². The van der Waals surface area contributed by atoms with Crippen molar-refractivity contribution in [2.45, 2.75) is 27.2 Å². The van der Waals surface area contributed by atoms with Gasteiger partial charge in [0.05, 0.1) is 9.40 Å². The Kier molecular flexibility index (Phi) is 3.31. The molecular weight excluding hydrogens is 298 g/mol. The molecule has 1 fully saturated rings. The minimum atomic E-state index is -0.416. The van der Waals surface area contributed by atoms with E-state index >= 15 is 0 Å². The van der Waals surface area contributed by atoms with Crippen molar-refractivity contribution in [3.63, 3.8) is 0 Å². The van der Waals surface area contributed by atoms with Crippen LogP contribution in [0.5, 0.6) is 0 Å². The summed E-state index contributed by atoms with van der Waals surface area (Å²) in [6.45, 7) is 7.05. The van der Waals surface area contributed by atoms with Gasteiger partial charge < -0.3 is 5.32 Å². The molecule has 0 radical (unpaired) electrons. The van der Waals surface area contributed by atoms with Gasteiger partial charge >= 0.3 is 0 Å². The summed E-state index contributed by atoms with van der Waals surface area (Å²) >= 11 is 3.37. The number of nitrogens with zero attached hydrogens (tertiary/aromatic N) is 2. The minimum Gasteiger partial charge on any atom is -0.369 e.